The van der Waals surface area contributed by atoms with Gasteiger partial charge in [-0.15, -0.1) is 0 Å². The third-order valence-electron chi connectivity index (χ3n) is 3.89. The summed E-state index contributed by atoms with van der Waals surface area (Å²) in [6.07, 6.45) is 1.64. The normalized spacial score (nSPS) is 11.8. The Bertz CT molecular complexity index is 1030. The number of aromatic amines is 1. The lowest BCUT2D eigenvalue weighted by Crippen LogP contribution is -2.27. The molecular formula is C17H18N4O3S. The van der Waals surface area contributed by atoms with E-state index in [2.05, 4.69) is 15.5 Å². The fraction of sp³-hybridized carbons (Fsp3) is 0.176. The number of nitrogens with zero attached hydrogens (tertiary/aromatic N) is 2. The van der Waals surface area contributed by atoms with E-state index in [-0.39, 0.29) is 17.3 Å². The Kier molecular flexibility index (Phi) is 4.56. The van der Waals surface area contributed by atoms with Gasteiger partial charge in [0.1, 0.15) is 0 Å². The highest BCUT2D eigenvalue weighted by Gasteiger charge is 2.21. The van der Waals surface area contributed by atoms with E-state index in [1.165, 1.54) is 20.2 Å². The zero-order chi connectivity index (χ0) is 18.0. The number of carbonyl (C=O) groups excluding carboxylic acids is 1. The fourth-order valence-corrected chi connectivity index (χ4v) is 3.64. The Labute approximate surface area is 145 Å². The predicted molar refractivity (Wildman–Crippen MR) is 94.6 cm³/mol. The molecule has 3 rings (SSSR count). The average Bonchev–Trinajstić information content (AvgIpc) is 3.08. The number of carbonyl (C=O) groups is 1. The van der Waals surface area contributed by atoms with E-state index < -0.39 is 10.0 Å². The number of nitrogens with one attached hydrogen (secondary N) is 2. The molecule has 0 saturated carbocycles. The van der Waals surface area contributed by atoms with Crippen molar-refractivity contribution in [3.8, 4) is 0 Å². The van der Waals surface area contributed by atoms with E-state index in [1.54, 1.807) is 36.5 Å². The number of benzene rings is 2. The van der Waals surface area contributed by atoms with Crippen LogP contribution in [0.5, 0.6) is 0 Å². The molecule has 8 heteroatoms. The largest absolute Gasteiger partial charge is 0.348 e. The highest BCUT2D eigenvalue weighted by Crippen LogP contribution is 2.19. The highest BCUT2D eigenvalue weighted by atomic mass is 32.2. The highest BCUT2D eigenvalue weighted by molar-refractivity contribution is 7.89. The van der Waals surface area contributed by atoms with Crippen LogP contribution in [0.25, 0.3) is 10.9 Å². The minimum atomic E-state index is -3.58. The summed E-state index contributed by atoms with van der Waals surface area (Å²) in [6.45, 7) is 0.104. The molecule has 1 aromatic heterocycles. The molecule has 3 aromatic rings. The van der Waals surface area contributed by atoms with Gasteiger partial charge in [0.2, 0.25) is 10.0 Å². The molecule has 0 aliphatic heterocycles. The monoisotopic (exact) mass is 358 g/mol. The first-order chi connectivity index (χ1) is 11.9. The summed E-state index contributed by atoms with van der Waals surface area (Å²) < 4.78 is 26.0. The minimum Gasteiger partial charge on any atom is -0.348 e. The van der Waals surface area contributed by atoms with Crippen LogP contribution in [-0.2, 0) is 16.6 Å². The van der Waals surface area contributed by atoms with Crippen LogP contribution in [0, 0.1) is 0 Å². The van der Waals surface area contributed by atoms with Crippen LogP contribution in [0.2, 0.25) is 0 Å². The molecule has 0 fully saturated rings. The van der Waals surface area contributed by atoms with Crippen molar-refractivity contribution in [2.45, 2.75) is 11.4 Å². The summed E-state index contributed by atoms with van der Waals surface area (Å²) >= 11 is 0. The van der Waals surface area contributed by atoms with E-state index >= 15 is 0 Å². The molecule has 0 radical (unpaired) electrons. The van der Waals surface area contributed by atoms with Crippen LogP contribution in [0.4, 0.5) is 0 Å². The summed E-state index contributed by atoms with van der Waals surface area (Å²) in [5, 5.41) is 10.4. The van der Waals surface area contributed by atoms with Crippen LogP contribution in [0.15, 0.2) is 53.6 Å². The molecule has 0 spiro atoms. The van der Waals surface area contributed by atoms with Crippen molar-refractivity contribution in [1.29, 1.82) is 0 Å². The molecule has 0 bridgehead atoms. The van der Waals surface area contributed by atoms with E-state index in [0.717, 1.165) is 9.69 Å². The average molecular weight is 358 g/mol. The van der Waals surface area contributed by atoms with E-state index in [4.69, 9.17) is 0 Å². The van der Waals surface area contributed by atoms with Crippen molar-refractivity contribution in [3.63, 3.8) is 0 Å². The van der Waals surface area contributed by atoms with Crippen molar-refractivity contribution >= 4 is 26.8 Å². The molecule has 0 aliphatic rings. The van der Waals surface area contributed by atoms with Gasteiger partial charge in [-0.2, -0.15) is 5.10 Å². The van der Waals surface area contributed by atoms with E-state index in [0.29, 0.717) is 16.6 Å². The summed E-state index contributed by atoms with van der Waals surface area (Å²) in [7, 11) is -0.628. The Balaban J connectivity index is 1.85. The molecule has 2 N–H and O–H groups in total. The number of fused-ring (bicyclic) bond motifs is 1. The van der Waals surface area contributed by atoms with Gasteiger partial charge in [0.15, 0.2) is 0 Å². The second-order valence-corrected chi connectivity index (χ2v) is 7.84. The zero-order valence-corrected chi connectivity index (χ0v) is 14.7. The smallest absolute Gasteiger partial charge is 0.253 e. The second-order valence-electron chi connectivity index (χ2n) is 5.72. The van der Waals surface area contributed by atoms with Crippen molar-refractivity contribution < 1.29 is 13.2 Å². The number of H-pyrrole nitrogens is 1. The third kappa shape index (κ3) is 3.26. The lowest BCUT2D eigenvalue weighted by atomic mass is 10.1. The first-order valence-electron chi connectivity index (χ1n) is 7.62. The molecule has 1 heterocycles. The number of sulfonamides is 1. The predicted octanol–water partition coefficient (Wildman–Crippen LogP) is 1.74. The molecule has 2 aromatic carbocycles. The molecular weight excluding hydrogens is 340 g/mol. The molecule has 0 atom stereocenters. The summed E-state index contributed by atoms with van der Waals surface area (Å²) in [6, 6.07) is 11.9. The molecule has 0 aliphatic carbocycles. The Morgan fingerprint density at radius 1 is 1.16 bits per heavy atom. The van der Waals surface area contributed by atoms with Crippen LogP contribution < -0.4 is 5.32 Å². The maximum absolute atomic E-state index is 12.5. The molecule has 130 valence electrons. The van der Waals surface area contributed by atoms with Gasteiger partial charge in [0, 0.05) is 26.0 Å². The lowest BCUT2D eigenvalue weighted by Gasteiger charge is -2.15. The van der Waals surface area contributed by atoms with Crippen molar-refractivity contribution in [3.05, 3.63) is 59.8 Å². The van der Waals surface area contributed by atoms with Gasteiger partial charge in [-0.3, -0.25) is 9.89 Å². The Morgan fingerprint density at radius 2 is 1.92 bits per heavy atom. The second kappa shape index (κ2) is 6.66. The summed E-state index contributed by atoms with van der Waals surface area (Å²) in [4.78, 5) is 12.7. The van der Waals surface area contributed by atoms with Crippen LogP contribution in [0.1, 0.15) is 15.9 Å². The molecule has 25 heavy (non-hydrogen) atoms. The van der Waals surface area contributed by atoms with Crippen molar-refractivity contribution in [1.82, 2.24) is 19.8 Å². The maximum Gasteiger partial charge on any atom is 0.253 e. The number of rotatable bonds is 5. The zero-order valence-electron chi connectivity index (χ0n) is 13.9. The Morgan fingerprint density at radius 3 is 2.68 bits per heavy atom. The SMILES string of the molecule is CN(C)S(=O)(=O)c1ccccc1CNC(=O)c1cccc2cn[nH]c12. The van der Waals surface area contributed by atoms with E-state index in [1.807, 2.05) is 6.07 Å². The topological polar surface area (TPSA) is 95.2 Å². The minimum absolute atomic E-state index is 0.104. The first kappa shape index (κ1) is 17.1. The number of hydrogen-bond donors (Lipinski definition) is 2. The summed E-state index contributed by atoms with van der Waals surface area (Å²) in [5.74, 6) is -0.299. The third-order valence-corrected chi connectivity index (χ3v) is 5.81. The van der Waals surface area contributed by atoms with Gasteiger partial charge < -0.3 is 5.32 Å². The van der Waals surface area contributed by atoms with Crippen LogP contribution >= 0.6 is 0 Å². The fourth-order valence-electron chi connectivity index (χ4n) is 2.53. The van der Waals surface area contributed by atoms with Gasteiger partial charge >= 0.3 is 0 Å². The number of amides is 1. The van der Waals surface area contributed by atoms with Crippen molar-refractivity contribution in [2.24, 2.45) is 0 Å². The summed E-state index contributed by atoms with van der Waals surface area (Å²) in [5.41, 5.74) is 1.64. The quantitative estimate of drug-likeness (QED) is 0.726. The lowest BCUT2D eigenvalue weighted by molar-refractivity contribution is 0.0952. The number of hydrogen-bond acceptors (Lipinski definition) is 4. The van der Waals surface area contributed by atoms with Gasteiger partial charge in [-0.25, -0.2) is 12.7 Å². The Hall–Kier alpha value is -2.71. The van der Waals surface area contributed by atoms with Gasteiger partial charge in [-0.05, 0) is 17.7 Å². The first-order valence-corrected chi connectivity index (χ1v) is 9.06. The molecule has 1 amide bonds. The van der Waals surface area contributed by atoms with Crippen LogP contribution in [-0.4, -0.2) is 42.9 Å². The maximum atomic E-state index is 12.5. The van der Waals surface area contributed by atoms with Gasteiger partial charge in [-0.1, -0.05) is 30.3 Å². The molecule has 7 nitrogen and oxygen atoms in total. The van der Waals surface area contributed by atoms with Gasteiger partial charge in [0.25, 0.3) is 5.91 Å². The van der Waals surface area contributed by atoms with Crippen LogP contribution in [0.3, 0.4) is 0 Å². The van der Waals surface area contributed by atoms with E-state index in [9.17, 15) is 13.2 Å². The molecule has 0 unspecified atom stereocenters. The number of aromatic nitrogens is 2. The van der Waals surface area contributed by atoms with Crippen molar-refractivity contribution in [2.75, 3.05) is 14.1 Å². The van der Waals surface area contributed by atoms with Gasteiger partial charge in [0.05, 0.1) is 22.2 Å². The number of para-hydroxylation sites is 1. The standard InChI is InChI=1S/C17H18N4O3S/c1-21(2)25(23,24)15-9-4-3-6-12(15)10-18-17(22)14-8-5-7-13-11-19-20-16(13)14/h3-9,11H,10H2,1-2H3,(H,18,22)(H,19,20). The molecule has 0 saturated heterocycles.